The average Bonchev–Trinajstić information content (AvgIpc) is 2.95. The molecule has 2 fully saturated rings. The van der Waals surface area contributed by atoms with E-state index in [4.69, 9.17) is 14.5 Å². The Morgan fingerprint density at radius 3 is 2.52 bits per heavy atom. The first-order valence-corrected chi connectivity index (χ1v) is 15.4. The molecule has 11 heteroatoms. The number of halogens is 1. The minimum absolute atomic E-state index is 0.123. The number of piperazine rings is 1. The summed E-state index contributed by atoms with van der Waals surface area (Å²) < 4.78 is 13.5. The van der Waals surface area contributed by atoms with Crippen molar-refractivity contribution in [3.05, 3.63) is 69.1 Å². The molecule has 0 bridgehead atoms. The van der Waals surface area contributed by atoms with Gasteiger partial charge < -0.3 is 24.6 Å². The molecule has 2 aliphatic rings. The van der Waals surface area contributed by atoms with E-state index in [9.17, 15) is 9.59 Å². The number of fused-ring (bicyclic) bond motifs is 1. The molecular formula is C31H41BrN6O4. The number of likely N-dealkylation sites (N-methyl/N-ethyl adjacent to an activating group) is 1. The van der Waals surface area contributed by atoms with Crippen LogP contribution >= 0.6 is 15.9 Å². The van der Waals surface area contributed by atoms with Crippen molar-refractivity contribution in [1.29, 1.82) is 0 Å². The lowest BCUT2D eigenvalue weighted by molar-refractivity contribution is 0.0137. The number of piperidine rings is 1. The number of carbonyl (C=O) groups is 1. The van der Waals surface area contributed by atoms with Gasteiger partial charge in [0.2, 0.25) is 0 Å². The van der Waals surface area contributed by atoms with Crippen LogP contribution in [0.5, 0.6) is 5.75 Å². The highest BCUT2D eigenvalue weighted by molar-refractivity contribution is 9.10. The highest BCUT2D eigenvalue weighted by atomic mass is 79.9. The third-order valence-electron chi connectivity index (χ3n) is 7.70. The SMILES string of the molecule is CN1CC(Nc2nc3ccccn3c(=O)c2Br)CC(c2ccc(OCCN3CCN(C(=O)OC(C)(C)C)CC3)cc2)C1. The van der Waals surface area contributed by atoms with Gasteiger partial charge >= 0.3 is 6.09 Å². The maximum atomic E-state index is 12.8. The molecule has 2 atom stereocenters. The van der Waals surface area contributed by atoms with Crippen LogP contribution in [0, 0.1) is 0 Å². The summed E-state index contributed by atoms with van der Waals surface area (Å²) in [4.78, 5) is 36.2. The van der Waals surface area contributed by atoms with Gasteiger partial charge in [-0.25, -0.2) is 9.78 Å². The molecule has 0 radical (unpaired) electrons. The van der Waals surface area contributed by atoms with Crippen LogP contribution in [0.4, 0.5) is 10.6 Å². The van der Waals surface area contributed by atoms with Crippen LogP contribution in [0.3, 0.4) is 0 Å². The predicted molar refractivity (Wildman–Crippen MR) is 168 cm³/mol. The Hall–Kier alpha value is -3.15. The number of aromatic nitrogens is 2. The van der Waals surface area contributed by atoms with Crippen molar-refractivity contribution in [3.63, 3.8) is 0 Å². The standard InChI is InChI=1S/C31H41BrN6O4/c1-31(2,3)42-30(40)37-15-13-36(14-16-37)17-18-41-25-10-8-22(9-11-25)23-19-24(21-35(4)20-23)33-28-27(32)29(39)38-12-6-5-7-26(38)34-28/h5-12,23-24,33H,13-21H2,1-4H3. The molecule has 5 rings (SSSR count). The molecule has 0 aliphatic carbocycles. The van der Waals surface area contributed by atoms with Crippen LogP contribution in [0.1, 0.15) is 38.7 Å². The number of hydrogen-bond donors (Lipinski definition) is 1. The topological polar surface area (TPSA) is 91.7 Å². The van der Waals surface area contributed by atoms with E-state index in [2.05, 4.69) is 62.4 Å². The molecule has 0 spiro atoms. The summed E-state index contributed by atoms with van der Waals surface area (Å²) in [6.45, 7) is 11.9. The number of pyridine rings is 1. The van der Waals surface area contributed by atoms with E-state index in [0.29, 0.717) is 41.6 Å². The zero-order valence-corrected chi connectivity index (χ0v) is 26.5. The largest absolute Gasteiger partial charge is 0.492 e. The monoisotopic (exact) mass is 640 g/mol. The summed E-state index contributed by atoms with van der Waals surface area (Å²) in [6, 6.07) is 14.1. The van der Waals surface area contributed by atoms with Gasteiger partial charge in [-0.1, -0.05) is 18.2 Å². The van der Waals surface area contributed by atoms with Crippen molar-refractivity contribution in [1.82, 2.24) is 24.1 Å². The third-order valence-corrected chi connectivity index (χ3v) is 8.42. The second kappa shape index (κ2) is 13.0. The Bertz CT molecular complexity index is 1430. The summed E-state index contributed by atoms with van der Waals surface area (Å²) >= 11 is 3.47. The van der Waals surface area contributed by atoms with E-state index in [0.717, 1.165) is 44.9 Å². The summed E-state index contributed by atoms with van der Waals surface area (Å²) in [7, 11) is 2.13. The van der Waals surface area contributed by atoms with Gasteiger partial charge in [-0.05, 0) is 85.9 Å². The number of nitrogens with one attached hydrogen (secondary N) is 1. The fourth-order valence-electron chi connectivity index (χ4n) is 5.63. The minimum atomic E-state index is -0.474. The summed E-state index contributed by atoms with van der Waals surface area (Å²) in [5.74, 6) is 1.78. The highest BCUT2D eigenvalue weighted by Crippen LogP contribution is 2.30. The molecule has 42 heavy (non-hydrogen) atoms. The van der Waals surface area contributed by atoms with E-state index < -0.39 is 5.60 Å². The Balaban J connectivity index is 1.11. The van der Waals surface area contributed by atoms with Gasteiger partial charge in [-0.2, -0.15) is 0 Å². The number of ether oxygens (including phenoxy) is 2. The normalized spacial score (nSPS) is 20.5. The Labute approximate surface area is 255 Å². The molecule has 2 unspecified atom stereocenters. The van der Waals surface area contributed by atoms with Gasteiger partial charge in [0.15, 0.2) is 0 Å². The van der Waals surface area contributed by atoms with Crippen molar-refractivity contribution in [2.75, 3.05) is 64.8 Å². The Kier molecular flexibility index (Phi) is 9.39. The number of nitrogens with zero attached hydrogens (tertiary/aromatic N) is 5. The van der Waals surface area contributed by atoms with Crippen molar-refractivity contribution >= 4 is 33.5 Å². The average molecular weight is 642 g/mol. The van der Waals surface area contributed by atoms with Crippen LogP contribution in [-0.4, -0.2) is 101 Å². The predicted octanol–water partition coefficient (Wildman–Crippen LogP) is 4.29. The number of rotatable bonds is 7. The van der Waals surface area contributed by atoms with Crippen LogP contribution in [0.25, 0.3) is 5.65 Å². The molecule has 0 saturated carbocycles. The molecule has 2 saturated heterocycles. The fraction of sp³-hybridized carbons (Fsp3) is 0.516. The number of benzene rings is 1. The maximum Gasteiger partial charge on any atom is 0.410 e. The van der Waals surface area contributed by atoms with E-state index in [-0.39, 0.29) is 17.7 Å². The van der Waals surface area contributed by atoms with E-state index in [1.807, 2.05) is 39.0 Å². The zero-order chi connectivity index (χ0) is 29.9. The zero-order valence-electron chi connectivity index (χ0n) is 24.9. The van der Waals surface area contributed by atoms with Gasteiger partial charge in [-0.15, -0.1) is 0 Å². The summed E-state index contributed by atoms with van der Waals surface area (Å²) in [5, 5.41) is 3.53. The van der Waals surface area contributed by atoms with Crippen molar-refractivity contribution in [2.24, 2.45) is 0 Å². The molecule has 3 aromatic rings. The lowest BCUT2D eigenvalue weighted by atomic mass is 9.88. The molecule has 2 aromatic heterocycles. The van der Waals surface area contributed by atoms with Crippen molar-refractivity contribution < 1.29 is 14.3 Å². The summed E-state index contributed by atoms with van der Waals surface area (Å²) in [6.07, 6.45) is 2.42. The van der Waals surface area contributed by atoms with Crippen molar-refractivity contribution in [2.45, 2.75) is 44.8 Å². The minimum Gasteiger partial charge on any atom is -0.492 e. The second-order valence-corrected chi connectivity index (χ2v) is 13.0. The van der Waals surface area contributed by atoms with E-state index in [1.54, 1.807) is 15.5 Å². The molecule has 10 nitrogen and oxygen atoms in total. The van der Waals surface area contributed by atoms with Gasteiger partial charge in [0.25, 0.3) is 5.56 Å². The lowest BCUT2D eigenvalue weighted by Gasteiger charge is -2.36. The number of amides is 1. The Morgan fingerprint density at radius 2 is 1.81 bits per heavy atom. The van der Waals surface area contributed by atoms with Gasteiger partial charge in [0, 0.05) is 58.1 Å². The molecule has 226 valence electrons. The van der Waals surface area contributed by atoms with Gasteiger partial charge in [0.05, 0.1) is 0 Å². The van der Waals surface area contributed by atoms with Crippen LogP contribution in [0.15, 0.2) is 57.9 Å². The third kappa shape index (κ3) is 7.62. The maximum absolute atomic E-state index is 12.8. The molecular weight excluding hydrogens is 600 g/mol. The first-order valence-electron chi connectivity index (χ1n) is 14.6. The number of anilines is 1. The first kappa shape index (κ1) is 30.3. The van der Waals surface area contributed by atoms with E-state index >= 15 is 0 Å². The molecule has 4 heterocycles. The van der Waals surface area contributed by atoms with Gasteiger partial charge in [-0.3, -0.25) is 14.1 Å². The van der Waals surface area contributed by atoms with Crippen molar-refractivity contribution in [3.8, 4) is 5.75 Å². The smallest absolute Gasteiger partial charge is 0.410 e. The van der Waals surface area contributed by atoms with Crippen LogP contribution in [0.2, 0.25) is 0 Å². The molecule has 2 aliphatic heterocycles. The van der Waals surface area contributed by atoms with Gasteiger partial charge in [0.1, 0.15) is 33.9 Å². The molecule has 1 amide bonds. The number of likely N-dealkylation sites (tertiary alicyclic amines) is 1. The van der Waals surface area contributed by atoms with E-state index in [1.165, 1.54) is 5.56 Å². The quantitative estimate of drug-likeness (QED) is 0.409. The summed E-state index contributed by atoms with van der Waals surface area (Å²) in [5.41, 5.74) is 1.29. The fourth-order valence-corrected chi connectivity index (χ4v) is 6.03. The molecule has 1 N–H and O–H groups in total. The Morgan fingerprint density at radius 1 is 1.07 bits per heavy atom. The second-order valence-electron chi connectivity index (χ2n) is 12.2. The number of carbonyl (C=O) groups excluding carboxylic acids is 1. The molecule has 1 aromatic carbocycles. The van der Waals surface area contributed by atoms with Crippen LogP contribution < -0.4 is 15.6 Å². The van der Waals surface area contributed by atoms with Crippen LogP contribution in [-0.2, 0) is 4.74 Å². The first-order chi connectivity index (χ1) is 20.1. The highest BCUT2D eigenvalue weighted by Gasteiger charge is 2.28. The lowest BCUT2D eigenvalue weighted by Crippen LogP contribution is -2.50. The number of hydrogen-bond acceptors (Lipinski definition) is 8.